The highest BCUT2D eigenvalue weighted by Crippen LogP contribution is 2.35. The van der Waals surface area contributed by atoms with E-state index < -0.39 is 17.5 Å². The Morgan fingerprint density at radius 2 is 2.13 bits per heavy atom. The number of ether oxygens (including phenoxy) is 1. The Balaban J connectivity index is 1.24. The lowest BCUT2D eigenvalue weighted by molar-refractivity contribution is -0.139. The molecule has 30 heavy (non-hydrogen) atoms. The van der Waals surface area contributed by atoms with Crippen molar-refractivity contribution in [1.29, 1.82) is 0 Å². The topological polar surface area (TPSA) is 126 Å². The van der Waals surface area contributed by atoms with E-state index in [1.165, 1.54) is 23.1 Å². The lowest BCUT2D eigenvalue weighted by Gasteiger charge is -2.33. The van der Waals surface area contributed by atoms with Crippen molar-refractivity contribution in [3.63, 3.8) is 0 Å². The number of urea groups is 1. The molecule has 3 heterocycles. The van der Waals surface area contributed by atoms with Crippen molar-refractivity contribution in [2.75, 3.05) is 24.2 Å². The minimum Gasteiger partial charge on any atom is -0.376 e. The van der Waals surface area contributed by atoms with E-state index in [1.54, 1.807) is 0 Å². The summed E-state index contributed by atoms with van der Waals surface area (Å²) in [6.45, 7) is 3.63. The van der Waals surface area contributed by atoms with Gasteiger partial charge in [0.15, 0.2) is 4.34 Å². The molecule has 2 aliphatic heterocycles. The molecule has 10 nitrogen and oxygen atoms in total. The number of amides is 4. The van der Waals surface area contributed by atoms with E-state index in [-0.39, 0.29) is 17.8 Å². The van der Waals surface area contributed by atoms with Crippen LogP contribution in [0.2, 0.25) is 0 Å². The molecule has 4 amide bonds. The van der Waals surface area contributed by atoms with Crippen molar-refractivity contribution < 1.29 is 19.1 Å². The number of hydrogen-bond donors (Lipinski definition) is 3. The lowest BCUT2D eigenvalue weighted by atomic mass is 9.77. The van der Waals surface area contributed by atoms with E-state index in [4.69, 9.17) is 4.74 Å². The minimum atomic E-state index is -0.868. The SMILES string of the molecule is CC1CCC2(CC1)NC(=O)N(NC(=O)CSc1nnc(NC[C@@H]3CCCO3)s1)C2=O. The summed E-state index contributed by atoms with van der Waals surface area (Å²) in [5.41, 5.74) is 1.57. The number of rotatable bonds is 7. The summed E-state index contributed by atoms with van der Waals surface area (Å²) < 4.78 is 6.19. The van der Waals surface area contributed by atoms with Crippen LogP contribution in [0, 0.1) is 5.92 Å². The van der Waals surface area contributed by atoms with Gasteiger partial charge in [-0.25, -0.2) is 4.79 Å². The number of anilines is 1. The molecule has 4 rings (SSSR count). The van der Waals surface area contributed by atoms with Gasteiger partial charge in [0, 0.05) is 13.2 Å². The number of nitrogens with zero attached hydrogens (tertiary/aromatic N) is 3. The fraction of sp³-hybridized carbons (Fsp3) is 0.722. The van der Waals surface area contributed by atoms with Gasteiger partial charge >= 0.3 is 6.03 Å². The van der Waals surface area contributed by atoms with Crippen molar-refractivity contribution in [2.45, 2.75) is 61.4 Å². The highest BCUT2D eigenvalue weighted by molar-refractivity contribution is 8.01. The van der Waals surface area contributed by atoms with Crippen LogP contribution in [0.4, 0.5) is 9.93 Å². The Labute approximate surface area is 182 Å². The molecule has 0 radical (unpaired) electrons. The fourth-order valence-electron chi connectivity index (χ4n) is 3.95. The third kappa shape index (κ3) is 4.70. The van der Waals surface area contributed by atoms with Crippen molar-refractivity contribution in [3.8, 4) is 0 Å². The number of carbonyl (C=O) groups is 3. The molecule has 1 aromatic rings. The Kier molecular flexibility index (Phi) is 6.44. The first kappa shape index (κ1) is 21.3. The Bertz CT molecular complexity index is 804. The van der Waals surface area contributed by atoms with Crippen LogP contribution in [-0.4, -0.2) is 63.6 Å². The van der Waals surface area contributed by atoms with Gasteiger partial charge in [0.05, 0.1) is 11.9 Å². The number of aromatic nitrogens is 2. The number of hydrogen-bond acceptors (Lipinski definition) is 9. The molecular weight excluding hydrogens is 428 g/mol. The summed E-state index contributed by atoms with van der Waals surface area (Å²) in [5, 5.41) is 15.6. The number of nitrogens with one attached hydrogen (secondary N) is 3. The zero-order chi connectivity index (χ0) is 21.1. The summed E-state index contributed by atoms with van der Waals surface area (Å²) >= 11 is 2.57. The van der Waals surface area contributed by atoms with Crippen molar-refractivity contribution in [1.82, 2.24) is 25.9 Å². The number of thioether (sulfide) groups is 1. The van der Waals surface area contributed by atoms with E-state index in [1.807, 2.05) is 0 Å². The zero-order valence-electron chi connectivity index (χ0n) is 16.8. The first-order chi connectivity index (χ1) is 14.4. The van der Waals surface area contributed by atoms with Crippen LogP contribution in [0.1, 0.15) is 45.4 Å². The smallest absolute Gasteiger partial charge is 0.344 e. The number of hydrazine groups is 1. The number of carbonyl (C=O) groups excluding carboxylic acids is 3. The van der Waals surface area contributed by atoms with Crippen molar-refractivity contribution in [3.05, 3.63) is 0 Å². The maximum absolute atomic E-state index is 12.8. The average molecular weight is 455 g/mol. The van der Waals surface area contributed by atoms with Crippen LogP contribution in [0.25, 0.3) is 0 Å². The van der Waals surface area contributed by atoms with Gasteiger partial charge < -0.3 is 15.4 Å². The van der Waals surface area contributed by atoms with Crippen molar-refractivity contribution in [2.24, 2.45) is 5.92 Å². The van der Waals surface area contributed by atoms with Gasteiger partial charge in [0.1, 0.15) is 5.54 Å². The molecule has 1 atom stereocenters. The first-order valence-electron chi connectivity index (χ1n) is 10.2. The predicted molar refractivity (Wildman–Crippen MR) is 112 cm³/mol. The molecule has 3 aliphatic rings. The van der Waals surface area contributed by atoms with E-state index in [0.29, 0.717) is 34.8 Å². The molecule has 1 spiro atoms. The molecule has 1 aliphatic carbocycles. The van der Waals surface area contributed by atoms with Crippen molar-refractivity contribution >= 4 is 46.1 Å². The van der Waals surface area contributed by atoms with Gasteiger partial charge in [-0.2, -0.15) is 5.01 Å². The van der Waals surface area contributed by atoms with Gasteiger partial charge in [0.2, 0.25) is 11.0 Å². The second-order valence-corrected chi connectivity index (χ2v) is 10.2. The summed E-state index contributed by atoms with van der Waals surface area (Å²) in [7, 11) is 0. The second kappa shape index (κ2) is 9.06. The Hall–Kier alpha value is -1.92. The largest absolute Gasteiger partial charge is 0.376 e. The maximum atomic E-state index is 12.8. The molecule has 3 fully saturated rings. The zero-order valence-corrected chi connectivity index (χ0v) is 18.4. The predicted octanol–water partition coefficient (Wildman–Crippen LogP) is 1.75. The van der Waals surface area contributed by atoms with Crippen LogP contribution in [0.5, 0.6) is 0 Å². The van der Waals surface area contributed by atoms with Gasteiger partial charge in [-0.05, 0) is 44.4 Å². The van der Waals surface area contributed by atoms with Crippen LogP contribution >= 0.6 is 23.1 Å². The van der Waals surface area contributed by atoms with Gasteiger partial charge in [-0.1, -0.05) is 30.0 Å². The molecule has 2 saturated heterocycles. The molecule has 12 heteroatoms. The second-order valence-electron chi connectivity index (χ2n) is 8.05. The number of imide groups is 1. The maximum Gasteiger partial charge on any atom is 0.344 e. The van der Waals surface area contributed by atoms with Gasteiger partial charge in [0.25, 0.3) is 5.91 Å². The van der Waals surface area contributed by atoms with Gasteiger partial charge in [-0.15, -0.1) is 10.2 Å². The normalized spacial score (nSPS) is 28.8. The lowest BCUT2D eigenvalue weighted by Crippen LogP contribution is -2.51. The third-order valence-corrected chi connectivity index (χ3v) is 7.78. The molecule has 0 aromatic carbocycles. The molecular formula is C18H26N6O4S2. The molecule has 3 N–H and O–H groups in total. The standard InChI is InChI=1S/C18H26N6O4S2/c1-11-4-6-18(7-5-11)14(26)24(16(27)20-18)23-13(25)10-29-17-22-21-15(30-17)19-9-12-3-2-8-28-12/h11-12H,2-10H2,1H3,(H,19,21)(H,20,27)(H,23,25)/t11?,12-,18?/m0/s1. The first-order valence-corrected chi connectivity index (χ1v) is 12.0. The molecule has 0 bridgehead atoms. The summed E-state index contributed by atoms with van der Waals surface area (Å²) in [6, 6.07) is -0.565. The Morgan fingerprint density at radius 3 is 2.87 bits per heavy atom. The summed E-state index contributed by atoms with van der Waals surface area (Å²) in [5.74, 6) is -0.234. The molecule has 164 valence electrons. The molecule has 0 unspecified atom stereocenters. The van der Waals surface area contributed by atoms with Gasteiger partial charge in [-0.3, -0.25) is 15.0 Å². The monoisotopic (exact) mass is 454 g/mol. The van der Waals surface area contributed by atoms with E-state index >= 15 is 0 Å². The highest BCUT2D eigenvalue weighted by atomic mass is 32.2. The van der Waals surface area contributed by atoms with E-state index in [9.17, 15) is 14.4 Å². The van der Waals surface area contributed by atoms with E-state index in [2.05, 4.69) is 33.2 Å². The van der Waals surface area contributed by atoms with Crippen LogP contribution in [-0.2, 0) is 14.3 Å². The third-order valence-electron chi connectivity index (χ3n) is 5.76. The van der Waals surface area contributed by atoms with E-state index in [0.717, 1.165) is 37.3 Å². The summed E-state index contributed by atoms with van der Waals surface area (Å²) in [6.07, 6.45) is 5.29. The Morgan fingerprint density at radius 1 is 1.33 bits per heavy atom. The summed E-state index contributed by atoms with van der Waals surface area (Å²) in [4.78, 5) is 37.4. The molecule has 1 saturated carbocycles. The molecule has 1 aromatic heterocycles. The van der Waals surface area contributed by atoms with Crippen LogP contribution in [0.15, 0.2) is 4.34 Å². The fourth-order valence-corrected chi connectivity index (χ4v) is 5.50. The van der Waals surface area contributed by atoms with Crippen LogP contribution in [0.3, 0.4) is 0 Å². The average Bonchev–Trinajstić information content (AvgIpc) is 3.45. The minimum absolute atomic E-state index is 0.0292. The quantitative estimate of drug-likeness (QED) is 0.420. The van der Waals surface area contributed by atoms with Crippen LogP contribution < -0.4 is 16.1 Å². The highest BCUT2D eigenvalue weighted by Gasteiger charge is 2.52.